The summed E-state index contributed by atoms with van der Waals surface area (Å²) in [5.74, 6) is 0.573. The number of rotatable bonds is 3. The molecule has 112 valence electrons. The van der Waals surface area contributed by atoms with E-state index in [1.165, 1.54) is 22.7 Å². The quantitative estimate of drug-likeness (QED) is 0.931. The lowest BCUT2D eigenvalue weighted by Crippen LogP contribution is -2.40. The number of carbonyl (C=O) groups is 1. The third-order valence-electron chi connectivity index (χ3n) is 3.74. The Labute approximate surface area is 136 Å². The molecule has 2 N–H and O–H groups in total. The van der Waals surface area contributed by atoms with Crippen molar-refractivity contribution in [3.8, 4) is 9.88 Å². The highest BCUT2D eigenvalue weighted by atomic mass is 35.5. The molecule has 7 heteroatoms. The Bertz CT molecular complexity index is 632. The van der Waals surface area contributed by atoms with Crippen LogP contribution in [0.5, 0.6) is 0 Å². The normalized spacial score (nSPS) is 16.4. The van der Waals surface area contributed by atoms with Gasteiger partial charge in [0, 0.05) is 18.5 Å². The van der Waals surface area contributed by atoms with E-state index in [1.54, 1.807) is 0 Å². The summed E-state index contributed by atoms with van der Waals surface area (Å²) in [6, 6.07) is 3.79. The number of thiazole rings is 1. The number of nitrogens with zero attached hydrogens (tertiary/aromatic N) is 2. The summed E-state index contributed by atoms with van der Waals surface area (Å²) in [7, 11) is 0. The van der Waals surface area contributed by atoms with Crippen LogP contribution in [-0.2, 0) is 0 Å². The number of amides is 1. The molecule has 1 amide bonds. The van der Waals surface area contributed by atoms with E-state index >= 15 is 0 Å². The van der Waals surface area contributed by atoms with Gasteiger partial charge in [-0.1, -0.05) is 11.6 Å². The second kappa shape index (κ2) is 6.44. The van der Waals surface area contributed by atoms with Gasteiger partial charge in [-0.05, 0) is 37.4 Å². The number of carbonyl (C=O) groups excluding carboxylic acids is 1. The second-order valence-corrected chi connectivity index (χ2v) is 7.69. The zero-order chi connectivity index (χ0) is 14.8. The van der Waals surface area contributed by atoms with Crippen LogP contribution in [-0.4, -0.2) is 35.4 Å². The highest BCUT2D eigenvalue weighted by molar-refractivity contribution is 7.23. The van der Waals surface area contributed by atoms with E-state index in [4.69, 9.17) is 17.3 Å². The monoisotopic (exact) mass is 341 g/mol. The van der Waals surface area contributed by atoms with E-state index in [9.17, 15) is 4.79 Å². The Morgan fingerprint density at radius 2 is 2.19 bits per heavy atom. The molecule has 0 aromatic carbocycles. The minimum absolute atomic E-state index is 0.0237. The number of aromatic nitrogens is 1. The molecule has 0 unspecified atom stereocenters. The standard InChI is InChI=1S/C14H16ClN3OS2/c15-12-2-1-11(21-12)13-17-10(8-20-13)14(19)18-5-3-9(7-16)4-6-18/h1-2,8-9H,3-7,16H2. The minimum atomic E-state index is 0.0237. The van der Waals surface area contributed by atoms with Gasteiger partial charge in [-0.3, -0.25) is 4.79 Å². The number of nitrogens with two attached hydrogens (primary N) is 1. The van der Waals surface area contributed by atoms with E-state index in [2.05, 4.69) is 4.98 Å². The van der Waals surface area contributed by atoms with Crippen LogP contribution in [0.25, 0.3) is 9.88 Å². The molecule has 0 atom stereocenters. The number of likely N-dealkylation sites (tertiary alicyclic amines) is 1. The van der Waals surface area contributed by atoms with Gasteiger partial charge in [0.25, 0.3) is 5.91 Å². The van der Waals surface area contributed by atoms with Crippen LogP contribution in [0, 0.1) is 5.92 Å². The van der Waals surface area contributed by atoms with E-state index < -0.39 is 0 Å². The number of halogens is 1. The molecule has 4 nitrogen and oxygen atoms in total. The number of hydrogen-bond acceptors (Lipinski definition) is 5. The molecule has 0 radical (unpaired) electrons. The third-order valence-corrected chi connectivity index (χ3v) is 5.99. The van der Waals surface area contributed by atoms with Crippen LogP contribution in [0.4, 0.5) is 0 Å². The van der Waals surface area contributed by atoms with Crippen LogP contribution < -0.4 is 5.73 Å². The van der Waals surface area contributed by atoms with Crippen molar-refractivity contribution in [2.75, 3.05) is 19.6 Å². The van der Waals surface area contributed by atoms with Gasteiger partial charge in [-0.2, -0.15) is 0 Å². The van der Waals surface area contributed by atoms with E-state index in [1.807, 2.05) is 22.4 Å². The smallest absolute Gasteiger partial charge is 0.273 e. The van der Waals surface area contributed by atoms with Crippen molar-refractivity contribution in [3.05, 3.63) is 27.5 Å². The highest BCUT2D eigenvalue weighted by Gasteiger charge is 2.24. The van der Waals surface area contributed by atoms with Gasteiger partial charge in [-0.25, -0.2) is 4.98 Å². The molecule has 1 fully saturated rings. The molecule has 1 aliphatic heterocycles. The van der Waals surface area contributed by atoms with Gasteiger partial charge in [-0.15, -0.1) is 22.7 Å². The lowest BCUT2D eigenvalue weighted by atomic mass is 9.97. The third kappa shape index (κ3) is 3.29. The van der Waals surface area contributed by atoms with Gasteiger partial charge in [0.1, 0.15) is 10.7 Å². The largest absolute Gasteiger partial charge is 0.337 e. The Morgan fingerprint density at radius 3 is 2.81 bits per heavy atom. The molecular formula is C14H16ClN3OS2. The minimum Gasteiger partial charge on any atom is -0.337 e. The maximum Gasteiger partial charge on any atom is 0.273 e. The van der Waals surface area contributed by atoms with Crippen molar-refractivity contribution >= 4 is 40.2 Å². The van der Waals surface area contributed by atoms with Crippen molar-refractivity contribution < 1.29 is 4.79 Å². The summed E-state index contributed by atoms with van der Waals surface area (Å²) in [4.78, 5) is 19.8. The van der Waals surface area contributed by atoms with Crippen LogP contribution in [0.15, 0.2) is 17.5 Å². The van der Waals surface area contributed by atoms with Crippen LogP contribution >= 0.6 is 34.3 Å². The topological polar surface area (TPSA) is 59.2 Å². The number of hydrogen-bond donors (Lipinski definition) is 1. The van der Waals surface area contributed by atoms with Gasteiger partial charge >= 0.3 is 0 Å². The Kier molecular flexibility index (Phi) is 4.59. The first-order chi connectivity index (χ1) is 10.2. The average molecular weight is 342 g/mol. The maximum absolute atomic E-state index is 12.5. The maximum atomic E-state index is 12.5. The molecule has 3 rings (SSSR count). The van der Waals surface area contributed by atoms with Crippen LogP contribution in [0.2, 0.25) is 4.34 Å². The first kappa shape index (κ1) is 15.0. The zero-order valence-corrected chi connectivity index (χ0v) is 13.8. The Hall–Kier alpha value is -0.950. The molecule has 2 aromatic heterocycles. The SMILES string of the molecule is NCC1CCN(C(=O)c2csc(-c3ccc(Cl)s3)n2)CC1. The Balaban J connectivity index is 1.70. The average Bonchev–Trinajstić information content (AvgIpc) is 3.15. The van der Waals surface area contributed by atoms with Gasteiger partial charge in [0.15, 0.2) is 0 Å². The molecular weight excluding hydrogens is 326 g/mol. The Morgan fingerprint density at radius 1 is 1.43 bits per heavy atom. The summed E-state index contributed by atoms with van der Waals surface area (Å²) in [6.07, 6.45) is 1.97. The molecule has 0 spiro atoms. The predicted molar refractivity (Wildman–Crippen MR) is 88.1 cm³/mol. The zero-order valence-electron chi connectivity index (χ0n) is 11.4. The summed E-state index contributed by atoms with van der Waals surface area (Å²) >= 11 is 8.90. The fourth-order valence-electron chi connectivity index (χ4n) is 2.45. The van der Waals surface area contributed by atoms with Gasteiger partial charge in [0.2, 0.25) is 0 Å². The van der Waals surface area contributed by atoms with E-state index in [0.29, 0.717) is 18.2 Å². The van der Waals surface area contributed by atoms with Crippen molar-refractivity contribution in [3.63, 3.8) is 0 Å². The first-order valence-corrected chi connectivity index (χ1v) is 8.95. The lowest BCUT2D eigenvalue weighted by Gasteiger charge is -2.30. The summed E-state index contributed by atoms with van der Waals surface area (Å²) in [6.45, 7) is 2.26. The number of thiophene rings is 1. The van der Waals surface area contributed by atoms with Crippen molar-refractivity contribution in [1.82, 2.24) is 9.88 Å². The molecule has 0 saturated carbocycles. The number of piperidine rings is 1. The molecule has 0 aliphatic carbocycles. The van der Waals surface area contributed by atoms with Crippen molar-refractivity contribution in [1.29, 1.82) is 0 Å². The molecule has 1 saturated heterocycles. The predicted octanol–water partition coefficient (Wildman–Crippen LogP) is 3.34. The first-order valence-electron chi connectivity index (χ1n) is 6.88. The lowest BCUT2D eigenvalue weighted by molar-refractivity contribution is 0.0688. The molecule has 21 heavy (non-hydrogen) atoms. The molecule has 3 heterocycles. The van der Waals surface area contributed by atoms with Gasteiger partial charge in [0.05, 0.1) is 9.21 Å². The highest BCUT2D eigenvalue weighted by Crippen LogP contribution is 2.33. The summed E-state index contributed by atoms with van der Waals surface area (Å²) in [5, 5.41) is 2.69. The summed E-state index contributed by atoms with van der Waals surface area (Å²) in [5.41, 5.74) is 6.21. The fourth-order valence-corrected chi connectivity index (χ4v) is 4.36. The van der Waals surface area contributed by atoms with Crippen LogP contribution in [0.1, 0.15) is 23.3 Å². The van der Waals surface area contributed by atoms with Crippen molar-refractivity contribution in [2.24, 2.45) is 11.7 Å². The van der Waals surface area contributed by atoms with E-state index in [-0.39, 0.29) is 5.91 Å². The fraction of sp³-hybridized carbons (Fsp3) is 0.429. The summed E-state index contributed by atoms with van der Waals surface area (Å²) < 4.78 is 0.733. The van der Waals surface area contributed by atoms with E-state index in [0.717, 1.165) is 40.2 Å². The molecule has 2 aromatic rings. The van der Waals surface area contributed by atoms with Crippen LogP contribution in [0.3, 0.4) is 0 Å². The molecule has 0 bridgehead atoms. The van der Waals surface area contributed by atoms with Gasteiger partial charge < -0.3 is 10.6 Å². The molecule has 1 aliphatic rings. The van der Waals surface area contributed by atoms with Crippen molar-refractivity contribution in [2.45, 2.75) is 12.8 Å². The second-order valence-electron chi connectivity index (χ2n) is 5.11.